The van der Waals surface area contributed by atoms with E-state index in [1.807, 2.05) is 17.7 Å². The minimum atomic E-state index is -3.21. The third kappa shape index (κ3) is 3.27. The van der Waals surface area contributed by atoms with E-state index in [0.29, 0.717) is 19.5 Å². The maximum Gasteiger partial charge on any atom is 0.216 e. The van der Waals surface area contributed by atoms with Crippen LogP contribution in [0, 0.1) is 0 Å². The lowest BCUT2D eigenvalue weighted by molar-refractivity contribution is 0.513. The highest BCUT2D eigenvalue weighted by atomic mass is 32.2. The van der Waals surface area contributed by atoms with Crippen LogP contribution in [0.25, 0.3) is 0 Å². The van der Waals surface area contributed by atoms with Crippen LogP contribution in [0.15, 0.2) is 18.7 Å². The van der Waals surface area contributed by atoms with Crippen LogP contribution < -0.4 is 10.0 Å². The number of hydrogen-bond donors (Lipinski definition) is 2. The number of hydrogen-bond acceptors (Lipinski definition) is 4. The summed E-state index contributed by atoms with van der Waals surface area (Å²) in [5.74, 6) is 0. The highest BCUT2D eigenvalue weighted by Crippen LogP contribution is 2.09. The van der Waals surface area contributed by atoms with Crippen molar-refractivity contribution in [3.05, 3.63) is 18.7 Å². The Hall–Kier alpha value is -0.920. The molecule has 1 aliphatic rings. The molecule has 2 heterocycles. The summed E-state index contributed by atoms with van der Waals surface area (Å²) in [7, 11) is -3.21. The highest BCUT2D eigenvalue weighted by Gasteiger charge is 2.29. The second-order valence-corrected chi connectivity index (χ2v) is 6.43. The van der Waals surface area contributed by atoms with Crippen LogP contribution in [-0.2, 0) is 16.6 Å². The van der Waals surface area contributed by atoms with Crippen molar-refractivity contribution in [1.82, 2.24) is 19.6 Å². The van der Waals surface area contributed by atoms with Gasteiger partial charge in [0.2, 0.25) is 10.0 Å². The SMILES string of the molecule is CC(Cn1ccnc1)NS(=O)(=O)C1CCNC1. The maximum atomic E-state index is 12.0. The maximum absolute atomic E-state index is 12.0. The third-order valence-corrected chi connectivity index (χ3v) is 4.87. The molecular formula is C10H18N4O2S. The lowest BCUT2D eigenvalue weighted by Gasteiger charge is -2.17. The van der Waals surface area contributed by atoms with Gasteiger partial charge in [0.15, 0.2) is 0 Å². The Bertz CT molecular complexity index is 437. The minimum absolute atomic E-state index is 0.130. The van der Waals surface area contributed by atoms with Crippen molar-refractivity contribution < 1.29 is 8.42 Å². The standard InChI is InChI=1S/C10H18N4O2S/c1-9(7-14-5-4-12-8-14)13-17(15,16)10-2-3-11-6-10/h4-5,8-11,13H,2-3,6-7H2,1H3. The summed E-state index contributed by atoms with van der Waals surface area (Å²) in [6.45, 7) is 3.79. The van der Waals surface area contributed by atoms with Crippen LogP contribution in [-0.4, -0.2) is 42.4 Å². The van der Waals surface area contributed by atoms with E-state index in [2.05, 4.69) is 15.0 Å². The first-order chi connectivity index (χ1) is 8.08. The molecule has 1 fully saturated rings. The quantitative estimate of drug-likeness (QED) is 0.750. The molecule has 1 aromatic rings. The lowest BCUT2D eigenvalue weighted by Crippen LogP contribution is -2.42. The number of aromatic nitrogens is 2. The van der Waals surface area contributed by atoms with Crippen molar-refractivity contribution in [2.75, 3.05) is 13.1 Å². The summed E-state index contributed by atoms with van der Waals surface area (Å²) in [5.41, 5.74) is 0. The molecule has 7 heteroatoms. The van der Waals surface area contributed by atoms with Gasteiger partial charge in [-0.2, -0.15) is 0 Å². The molecule has 2 unspecified atom stereocenters. The van der Waals surface area contributed by atoms with E-state index in [0.717, 1.165) is 6.54 Å². The normalized spacial score (nSPS) is 22.8. The van der Waals surface area contributed by atoms with Crippen molar-refractivity contribution in [3.63, 3.8) is 0 Å². The zero-order valence-corrected chi connectivity index (χ0v) is 10.7. The molecule has 0 bridgehead atoms. The van der Waals surface area contributed by atoms with Crippen LogP contribution in [0.4, 0.5) is 0 Å². The van der Waals surface area contributed by atoms with Gasteiger partial charge in [0.05, 0.1) is 11.6 Å². The highest BCUT2D eigenvalue weighted by molar-refractivity contribution is 7.90. The van der Waals surface area contributed by atoms with Gasteiger partial charge in [-0.05, 0) is 19.9 Å². The van der Waals surface area contributed by atoms with Crippen molar-refractivity contribution in [2.24, 2.45) is 0 Å². The number of rotatable bonds is 5. The smallest absolute Gasteiger partial charge is 0.216 e. The Morgan fingerprint density at radius 1 is 1.65 bits per heavy atom. The average Bonchev–Trinajstić information content (AvgIpc) is 2.87. The molecule has 0 radical (unpaired) electrons. The molecule has 0 aromatic carbocycles. The summed E-state index contributed by atoms with van der Waals surface area (Å²) >= 11 is 0. The molecule has 1 saturated heterocycles. The van der Waals surface area contributed by atoms with Gasteiger partial charge >= 0.3 is 0 Å². The summed E-state index contributed by atoms with van der Waals surface area (Å²) in [5, 5.41) is 2.76. The lowest BCUT2D eigenvalue weighted by atomic mass is 10.4. The Kier molecular flexibility index (Phi) is 3.80. The number of nitrogens with zero attached hydrogens (tertiary/aromatic N) is 2. The average molecular weight is 258 g/mol. The van der Waals surface area contributed by atoms with Crippen molar-refractivity contribution in [1.29, 1.82) is 0 Å². The molecule has 17 heavy (non-hydrogen) atoms. The van der Waals surface area contributed by atoms with Gasteiger partial charge in [0.1, 0.15) is 0 Å². The Morgan fingerprint density at radius 3 is 3.06 bits per heavy atom. The van der Waals surface area contributed by atoms with Gasteiger partial charge in [-0.25, -0.2) is 18.1 Å². The summed E-state index contributed by atoms with van der Waals surface area (Å²) < 4.78 is 28.6. The molecule has 0 aliphatic carbocycles. The van der Waals surface area contributed by atoms with E-state index >= 15 is 0 Å². The van der Waals surface area contributed by atoms with Crippen LogP contribution >= 0.6 is 0 Å². The monoisotopic (exact) mass is 258 g/mol. The summed E-state index contributed by atoms with van der Waals surface area (Å²) in [6.07, 6.45) is 5.87. The summed E-state index contributed by atoms with van der Waals surface area (Å²) in [6, 6.07) is -0.130. The van der Waals surface area contributed by atoms with Gasteiger partial charge in [-0.1, -0.05) is 0 Å². The van der Waals surface area contributed by atoms with E-state index in [-0.39, 0.29) is 11.3 Å². The van der Waals surface area contributed by atoms with E-state index in [4.69, 9.17) is 0 Å². The van der Waals surface area contributed by atoms with Crippen LogP contribution in [0.1, 0.15) is 13.3 Å². The molecule has 2 rings (SSSR count). The molecule has 6 nitrogen and oxygen atoms in total. The fraction of sp³-hybridized carbons (Fsp3) is 0.700. The predicted octanol–water partition coefficient (Wildman–Crippen LogP) is -0.447. The van der Waals surface area contributed by atoms with E-state index in [9.17, 15) is 8.42 Å². The Balaban J connectivity index is 1.91. The molecule has 96 valence electrons. The van der Waals surface area contributed by atoms with Gasteiger partial charge in [-0.3, -0.25) is 0 Å². The molecule has 0 spiro atoms. The molecular weight excluding hydrogens is 240 g/mol. The Labute approximate surface area is 101 Å². The first-order valence-electron chi connectivity index (χ1n) is 5.75. The molecule has 1 aliphatic heterocycles. The van der Waals surface area contributed by atoms with Crippen LogP contribution in [0.2, 0.25) is 0 Å². The number of nitrogens with one attached hydrogen (secondary N) is 2. The first-order valence-corrected chi connectivity index (χ1v) is 7.30. The van der Waals surface area contributed by atoms with Crippen molar-refractivity contribution >= 4 is 10.0 Å². The van der Waals surface area contributed by atoms with E-state index < -0.39 is 10.0 Å². The van der Waals surface area contributed by atoms with E-state index in [1.54, 1.807) is 12.5 Å². The topological polar surface area (TPSA) is 76.0 Å². The fourth-order valence-electron chi connectivity index (χ4n) is 2.02. The predicted molar refractivity (Wildman–Crippen MR) is 65.0 cm³/mol. The van der Waals surface area contributed by atoms with Gasteiger partial charge in [0, 0.05) is 31.5 Å². The number of imidazole rings is 1. The summed E-state index contributed by atoms with van der Waals surface area (Å²) in [4.78, 5) is 3.92. The first kappa shape index (κ1) is 12.5. The van der Waals surface area contributed by atoms with Crippen molar-refractivity contribution in [3.8, 4) is 0 Å². The van der Waals surface area contributed by atoms with Gasteiger partial charge < -0.3 is 9.88 Å². The molecule has 2 N–H and O–H groups in total. The molecule has 0 saturated carbocycles. The van der Waals surface area contributed by atoms with Gasteiger partial charge in [-0.15, -0.1) is 0 Å². The fourth-order valence-corrected chi connectivity index (χ4v) is 3.61. The Morgan fingerprint density at radius 2 is 2.47 bits per heavy atom. The molecule has 2 atom stereocenters. The zero-order valence-electron chi connectivity index (χ0n) is 9.83. The largest absolute Gasteiger partial charge is 0.336 e. The molecule has 0 amide bonds. The second kappa shape index (κ2) is 5.16. The van der Waals surface area contributed by atoms with E-state index in [1.165, 1.54) is 0 Å². The van der Waals surface area contributed by atoms with Crippen LogP contribution in [0.5, 0.6) is 0 Å². The van der Waals surface area contributed by atoms with Crippen molar-refractivity contribution in [2.45, 2.75) is 31.2 Å². The second-order valence-electron chi connectivity index (χ2n) is 4.44. The number of sulfonamides is 1. The third-order valence-electron chi connectivity index (χ3n) is 2.86. The van der Waals surface area contributed by atoms with Crippen LogP contribution in [0.3, 0.4) is 0 Å². The molecule has 1 aromatic heterocycles. The van der Waals surface area contributed by atoms with Gasteiger partial charge in [0.25, 0.3) is 0 Å². The minimum Gasteiger partial charge on any atom is -0.336 e. The zero-order chi connectivity index (χ0) is 12.3.